The zero-order chi connectivity index (χ0) is 15.5. The smallest absolute Gasteiger partial charge is 0.318 e. The maximum atomic E-state index is 10.9. The van der Waals surface area contributed by atoms with Gasteiger partial charge in [-0.05, 0) is 24.6 Å². The maximum Gasteiger partial charge on any atom is 0.318 e. The highest BCUT2D eigenvalue weighted by Gasteiger charge is 2.29. The first-order valence-corrected chi connectivity index (χ1v) is 7.02. The molecule has 0 fully saturated rings. The van der Waals surface area contributed by atoms with Gasteiger partial charge in [-0.1, -0.05) is 18.1 Å². The monoisotopic (exact) mass is 301 g/mol. The van der Waals surface area contributed by atoms with E-state index in [1.165, 1.54) is 11.3 Å². The van der Waals surface area contributed by atoms with Crippen LogP contribution >= 0.6 is 11.3 Å². The SMILES string of the molecule is C#C[C@](C)(c1ccc(OC)cc1)c1csc(NC(N)=O)n1. The number of anilines is 1. The number of thiazole rings is 1. The lowest BCUT2D eigenvalue weighted by Gasteiger charge is -2.22. The molecule has 1 heterocycles. The molecule has 2 aromatic rings. The van der Waals surface area contributed by atoms with Crippen LogP contribution < -0.4 is 15.8 Å². The van der Waals surface area contributed by atoms with E-state index >= 15 is 0 Å². The van der Waals surface area contributed by atoms with E-state index in [1.54, 1.807) is 7.11 Å². The second-order valence-electron chi connectivity index (χ2n) is 4.52. The Kier molecular flexibility index (Phi) is 4.15. The lowest BCUT2D eigenvalue weighted by Crippen LogP contribution is -2.23. The van der Waals surface area contributed by atoms with Gasteiger partial charge in [0.15, 0.2) is 5.13 Å². The molecule has 2 amide bonds. The van der Waals surface area contributed by atoms with Crippen molar-refractivity contribution in [2.45, 2.75) is 12.3 Å². The van der Waals surface area contributed by atoms with Gasteiger partial charge in [-0.25, -0.2) is 9.78 Å². The standard InChI is InChI=1S/C15H15N3O2S/c1-4-15(2,10-5-7-11(20-3)8-6-10)12-9-21-14(17-12)18-13(16)19/h1,5-9H,2-3H3,(H3,16,17,18,19)/t15-/m1/s1. The molecule has 0 aliphatic rings. The number of nitrogens with two attached hydrogens (primary N) is 1. The van der Waals surface area contributed by atoms with Gasteiger partial charge in [0.1, 0.15) is 5.75 Å². The molecule has 0 saturated heterocycles. The molecule has 0 aliphatic carbocycles. The Morgan fingerprint density at radius 2 is 2.14 bits per heavy atom. The number of primary amides is 1. The molecule has 3 N–H and O–H groups in total. The van der Waals surface area contributed by atoms with Crippen LogP contribution in [0.25, 0.3) is 0 Å². The van der Waals surface area contributed by atoms with Crippen molar-refractivity contribution in [3.8, 4) is 18.1 Å². The largest absolute Gasteiger partial charge is 0.497 e. The van der Waals surface area contributed by atoms with Crippen molar-refractivity contribution < 1.29 is 9.53 Å². The van der Waals surface area contributed by atoms with E-state index in [4.69, 9.17) is 16.9 Å². The van der Waals surface area contributed by atoms with Gasteiger partial charge in [0.25, 0.3) is 0 Å². The predicted molar refractivity (Wildman–Crippen MR) is 83.6 cm³/mol. The topological polar surface area (TPSA) is 77.2 Å². The number of benzene rings is 1. The summed E-state index contributed by atoms with van der Waals surface area (Å²) in [5.74, 6) is 3.53. The number of ether oxygens (including phenoxy) is 1. The molecule has 1 atom stereocenters. The molecule has 0 radical (unpaired) electrons. The van der Waals surface area contributed by atoms with Crippen LogP contribution in [0.3, 0.4) is 0 Å². The number of aromatic nitrogens is 1. The summed E-state index contributed by atoms with van der Waals surface area (Å²) in [5.41, 5.74) is 5.99. The second-order valence-corrected chi connectivity index (χ2v) is 5.38. The number of carbonyl (C=O) groups is 1. The van der Waals surface area contributed by atoms with Crippen LogP contribution in [-0.4, -0.2) is 18.1 Å². The summed E-state index contributed by atoms with van der Waals surface area (Å²) in [7, 11) is 1.61. The number of carbonyl (C=O) groups excluding carboxylic acids is 1. The molecule has 1 aromatic heterocycles. The van der Waals surface area contributed by atoms with Crippen molar-refractivity contribution in [2.75, 3.05) is 12.4 Å². The highest BCUT2D eigenvalue weighted by atomic mass is 32.1. The Balaban J connectivity index is 2.38. The number of terminal acetylenes is 1. The fourth-order valence-electron chi connectivity index (χ4n) is 1.90. The van der Waals surface area contributed by atoms with E-state index in [1.807, 2.05) is 36.6 Å². The number of hydrogen-bond acceptors (Lipinski definition) is 4. The minimum Gasteiger partial charge on any atom is -0.497 e. The number of urea groups is 1. The first-order chi connectivity index (χ1) is 9.99. The summed E-state index contributed by atoms with van der Waals surface area (Å²) in [4.78, 5) is 15.2. The molecule has 2 rings (SSSR count). The van der Waals surface area contributed by atoms with Crippen LogP contribution in [0.1, 0.15) is 18.2 Å². The third kappa shape index (κ3) is 2.98. The van der Waals surface area contributed by atoms with Crippen LogP contribution in [0.15, 0.2) is 29.6 Å². The number of amides is 2. The zero-order valence-electron chi connectivity index (χ0n) is 11.7. The van der Waals surface area contributed by atoms with E-state index in [9.17, 15) is 4.79 Å². The fourth-order valence-corrected chi connectivity index (χ4v) is 2.72. The molecule has 0 spiro atoms. The van der Waals surface area contributed by atoms with Gasteiger partial charge in [0.05, 0.1) is 18.2 Å². The van der Waals surface area contributed by atoms with Crippen molar-refractivity contribution in [1.82, 2.24) is 4.98 Å². The molecule has 5 nitrogen and oxygen atoms in total. The summed E-state index contributed by atoms with van der Waals surface area (Å²) < 4.78 is 5.14. The van der Waals surface area contributed by atoms with E-state index in [2.05, 4.69) is 16.2 Å². The molecule has 0 aliphatic heterocycles. The average molecular weight is 301 g/mol. The van der Waals surface area contributed by atoms with Gasteiger partial charge >= 0.3 is 6.03 Å². The number of rotatable bonds is 4. The third-order valence-corrected chi connectivity index (χ3v) is 3.96. The minimum absolute atomic E-state index is 0.424. The average Bonchev–Trinajstić information content (AvgIpc) is 2.94. The predicted octanol–water partition coefficient (Wildman–Crippen LogP) is 2.58. The van der Waals surface area contributed by atoms with E-state index in [-0.39, 0.29) is 0 Å². The molecule has 0 bridgehead atoms. The van der Waals surface area contributed by atoms with Gasteiger partial charge < -0.3 is 10.5 Å². The van der Waals surface area contributed by atoms with Crippen LogP contribution in [-0.2, 0) is 5.41 Å². The van der Waals surface area contributed by atoms with E-state index < -0.39 is 11.4 Å². The van der Waals surface area contributed by atoms with Crippen molar-refractivity contribution in [1.29, 1.82) is 0 Å². The van der Waals surface area contributed by atoms with E-state index in [0.29, 0.717) is 10.8 Å². The number of nitrogens with one attached hydrogen (secondary N) is 1. The molecule has 0 saturated carbocycles. The van der Waals surface area contributed by atoms with Gasteiger partial charge in [0, 0.05) is 5.38 Å². The first-order valence-electron chi connectivity index (χ1n) is 6.14. The van der Waals surface area contributed by atoms with Gasteiger partial charge in [-0.2, -0.15) is 0 Å². The Hall–Kier alpha value is -2.52. The normalized spacial score (nSPS) is 13.0. The fraction of sp³-hybridized carbons (Fsp3) is 0.200. The quantitative estimate of drug-likeness (QED) is 0.852. The van der Waals surface area contributed by atoms with Crippen molar-refractivity contribution in [3.63, 3.8) is 0 Å². The first kappa shape index (κ1) is 14.9. The third-order valence-electron chi connectivity index (χ3n) is 3.20. The number of methoxy groups -OCH3 is 1. The summed E-state index contributed by atoms with van der Waals surface area (Å²) in [6.07, 6.45) is 5.72. The Morgan fingerprint density at radius 1 is 1.48 bits per heavy atom. The van der Waals surface area contributed by atoms with E-state index in [0.717, 1.165) is 11.3 Å². The summed E-state index contributed by atoms with van der Waals surface area (Å²) in [5, 5.41) is 4.69. The molecular formula is C15H15N3O2S. The minimum atomic E-state index is -0.694. The molecule has 6 heteroatoms. The van der Waals surface area contributed by atoms with Crippen LogP contribution in [0.4, 0.5) is 9.93 Å². The molecule has 108 valence electrons. The number of nitrogens with zero attached hydrogens (tertiary/aromatic N) is 1. The summed E-state index contributed by atoms with van der Waals surface area (Å²) >= 11 is 1.28. The molecular weight excluding hydrogens is 286 g/mol. The highest BCUT2D eigenvalue weighted by molar-refractivity contribution is 7.13. The molecule has 21 heavy (non-hydrogen) atoms. The van der Waals surface area contributed by atoms with Crippen LogP contribution in [0.2, 0.25) is 0 Å². The van der Waals surface area contributed by atoms with Gasteiger partial charge in [0.2, 0.25) is 0 Å². The van der Waals surface area contributed by atoms with Crippen molar-refractivity contribution in [3.05, 3.63) is 40.9 Å². The highest BCUT2D eigenvalue weighted by Crippen LogP contribution is 2.34. The zero-order valence-corrected chi connectivity index (χ0v) is 12.5. The van der Waals surface area contributed by atoms with Crippen molar-refractivity contribution >= 4 is 22.5 Å². The van der Waals surface area contributed by atoms with Gasteiger partial charge in [-0.3, -0.25) is 5.32 Å². The Morgan fingerprint density at radius 3 is 2.67 bits per heavy atom. The summed E-state index contributed by atoms with van der Waals surface area (Å²) in [6, 6.07) is 6.85. The van der Waals surface area contributed by atoms with Crippen molar-refractivity contribution in [2.24, 2.45) is 5.73 Å². The maximum absolute atomic E-state index is 10.9. The van der Waals surface area contributed by atoms with Gasteiger partial charge in [-0.15, -0.1) is 17.8 Å². The number of hydrogen-bond donors (Lipinski definition) is 2. The lowest BCUT2D eigenvalue weighted by atomic mass is 9.81. The summed E-state index contributed by atoms with van der Waals surface area (Å²) in [6.45, 7) is 1.90. The van der Waals surface area contributed by atoms with Crippen LogP contribution in [0, 0.1) is 12.3 Å². The Labute approximate surface area is 127 Å². The molecule has 0 unspecified atom stereocenters. The Bertz CT molecular complexity index is 688. The molecule has 1 aromatic carbocycles. The second kappa shape index (κ2) is 5.85. The lowest BCUT2D eigenvalue weighted by molar-refractivity contribution is 0.259. The van der Waals surface area contributed by atoms with Crippen LogP contribution in [0.5, 0.6) is 5.75 Å².